The molecule has 15 heavy (non-hydrogen) atoms. The quantitative estimate of drug-likeness (QED) is 0.432. The number of Topliss-reactive ketones (excluding diaryl/α,β-unsaturated/α-hetero) is 1. The zero-order valence-corrected chi connectivity index (χ0v) is 9.05. The van der Waals surface area contributed by atoms with Crippen molar-refractivity contribution in [2.45, 2.75) is 10.3 Å². The molecule has 0 spiro atoms. The first-order valence-corrected chi connectivity index (χ1v) is 5.61. The van der Waals surface area contributed by atoms with Gasteiger partial charge in [-0.15, -0.1) is 23.4 Å². The average molecular weight is 244 g/mol. The van der Waals surface area contributed by atoms with E-state index >= 15 is 0 Å². The van der Waals surface area contributed by atoms with Gasteiger partial charge >= 0.3 is 0 Å². The summed E-state index contributed by atoms with van der Waals surface area (Å²) in [7, 11) is 0. The Hall–Kier alpha value is -1.07. The zero-order valence-electron chi connectivity index (χ0n) is 7.47. The first kappa shape index (κ1) is 10.4. The number of nitro benzene ring substituents is 1. The molecule has 0 radical (unpaired) electrons. The van der Waals surface area contributed by atoms with Crippen molar-refractivity contribution in [3.8, 4) is 0 Å². The van der Waals surface area contributed by atoms with E-state index in [2.05, 4.69) is 0 Å². The van der Waals surface area contributed by atoms with Crippen LogP contribution in [0.4, 0.5) is 5.69 Å². The van der Waals surface area contributed by atoms with Crippen LogP contribution in [0.2, 0.25) is 0 Å². The number of alkyl halides is 1. The van der Waals surface area contributed by atoms with Gasteiger partial charge in [0, 0.05) is 28.3 Å². The molecule has 0 saturated carbocycles. The van der Waals surface area contributed by atoms with Gasteiger partial charge in [0.2, 0.25) is 0 Å². The zero-order chi connectivity index (χ0) is 11.0. The van der Waals surface area contributed by atoms with Gasteiger partial charge in [0.25, 0.3) is 5.69 Å². The lowest BCUT2D eigenvalue weighted by Gasteiger charge is -2.17. The van der Waals surface area contributed by atoms with Crippen LogP contribution in [0.25, 0.3) is 0 Å². The van der Waals surface area contributed by atoms with E-state index in [-0.39, 0.29) is 11.5 Å². The van der Waals surface area contributed by atoms with Crippen molar-refractivity contribution < 1.29 is 9.72 Å². The summed E-state index contributed by atoms with van der Waals surface area (Å²) in [5, 5.41) is 9.95. The fourth-order valence-electron chi connectivity index (χ4n) is 1.36. The molecule has 1 aromatic rings. The number of thioether (sulfide) groups is 1. The molecule has 0 aromatic heterocycles. The highest BCUT2D eigenvalue weighted by molar-refractivity contribution is 7.99. The molecule has 1 unspecified atom stereocenters. The summed E-state index contributed by atoms with van der Waals surface area (Å²) in [5.74, 6) is 0.291. The second kappa shape index (κ2) is 3.83. The lowest BCUT2D eigenvalue weighted by molar-refractivity contribution is -0.384. The van der Waals surface area contributed by atoms with Crippen LogP contribution in [0.3, 0.4) is 0 Å². The van der Waals surface area contributed by atoms with Crippen molar-refractivity contribution in [3.05, 3.63) is 33.9 Å². The summed E-state index contributed by atoms with van der Waals surface area (Å²) < 4.78 is 0. The van der Waals surface area contributed by atoms with E-state index in [0.29, 0.717) is 11.3 Å². The van der Waals surface area contributed by atoms with Crippen LogP contribution in [0, 0.1) is 10.1 Å². The molecule has 0 fully saturated rings. The highest BCUT2D eigenvalue weighted by Crippen LogP contribution is 2.34. The average Bonchev–Trinajstić information content (AvgIpc) is 2.23. The molecule has 6 heteroatoms. The summed E-state index contributed by atoms with van der Waals surface area (Å²) >= 11 is 7.23. The van der Waals surface area contributed by atoms with Crippen LogP contribution in [0.15, 0.2) is 23.1 Å². The van der Waals surface area contributed by atoms with Gasteiger partial charge in [-0.2, -0.15) is 0 Å². The van der Waals surface area contributed by atoms with Gasteiger partial charge in [0.15, 0.2) is 5.78 Å². The van der Waals surface area contributed by atoms with Crippen molar-refractivity contribution in [1.29, 1.82) is 0 Å². The van der Waals surface area contributed by atoms with Crippen LogP contribution in [0.1, 0.15) is 10.4 Å². The van der Waals surface area contributed by atoms with Gasteiger partial charge in [0.05, 0.1) is 4.92 Å². The van der Waals surface area contributed by atoms with Crippen LogP contribution >= 0.6 is 23.4 Å². The molecular weight excluding hydrogens is 238 g/mol. The van der Waals surface area contributed by atoms with Gasteiger partial charge < -0.3 is 0 Å². The van der Waals surface area contributed by atoms with E-state index in [1.165, 1.54) is 23.9 Å². The number of carbonyl (C=O) groups excluding carboxylic acids is 1. The molecule has 0 aliphatic carbocycles. The molecule has 1 aliphatic rings. The third kappa shape index (κ3) is 1.85. The number of rotatable bonds is 1. The smallest absolute Gasteiger partial charge is 0.270 e. The first-order valence-electron chi connectivity index (χ1n) is 4.19. The Morgan fingerprint density at radius 2 is 2.27 bits per heavy atom. The summed E-state index contributed by atoms with van der Waals surface area (Å²) in [6, 6.07) is 4.28. The van der Waals surface area contributed by atoms with Crippen LogP contribution in [-0.2, 0) is 0 Å². The topological polar surface area (TPSA) is 60.2 Å². The fraction of sp³-hybridized carbons (Fsp3) is 0.222. The SMILES string of the molecule is O=C1c2cc([N+](=O)[O-])ccc2SCC1Cl. The van der Waals surface area contributed by atoms with Crippen molar-refractivity contribution in [3.63, 3.8) is 0 Å². The van der Waals surface area contributed by atoms with E-state index in [4.69, 9.17) is 11.6 Å². The van der Waals surface area contributed by atoms with Crippen molar-refractivity contribution >= 4 is 34.8 Å². The second-order valence-corrected chi connectivity index (χ2v) is 4.67. The standard InChI is InChI=1S/C9H6ClNO3S/c10-7-4-15-8-2-1-5(11(13)14)3-6(8)9(7)12/h1-3,7H,4H2. The van der Waals surface area contributed by atoms with Gasteiger partial charge in [-0.05, 0) is 6.07 Å². The Balaban J connectivity index is 2.50. The Kier molecular flexibility index (Phi) is 2.67. The molecule has 1 heterocycles. The number of benzene rings is 1. The molecule has 0 saturated heterocycles. The van der Waals surface area contributed by atoms with E-state index in [9.17, 15) is 14.9 Å². The summed E-state index contributed by atoms with van der Waals surface area (Å²) in [5.41, 5.74) is 0.286. The minimum absolute atomic E-state index is 0.0755. The van der Waals surface area contributed by atoms with Gasteiger partial charge in [-0.1, -0.05) is 0 Å². The maximum absolute atomic E-state index is 11.6. The number of hydrogen-bond acceptors (Lipinski definition) is 4. The van der Waals surface area contributed by atoms with E-state index in [1.807, 2.05) is 0 Å². The number of ketones is 1. The van der Waals surface area contributed by atoms with Crippen molar-refractivity contribution in [2.24, 2.45) is 0 Å². The van der Waals surface area contributed by atoms with E-state index < -0.39 is 10.3 Å². The molecule has 78 valence electrons. The number of carbonyl (C=O) groups is 1. The Labute approximate surface area is 94.8 Å². The molecule has 4 nitrogen and oxygen atoms in total. The van der Waals surface area contributed by atoms with Crippen molar-refractivity contribution in [1.82, 2.24) is 0 Å². The summed E-state index contributed by atoms with van der Waals surface area (Å²) in [6.07, 6.45) is 0. The minimum Gasteiger partial charge on any atom is -0.292 e. The Morgan fingerprint density at radius 3 is 2.93 bits per heavy atom. The molecular formula is C9H6ClNO3S. The monoisotopic (exact) mass is 243 g/mol. The molecule has 1 aromatic carbocycles. The van der Waals surface area contributed by atoms with E-state index in [0.717, 1.165) is 4.90 Å². The third-order valence-electron chi connectivity index (χ3n) is 2.11. The number of nitrogens with zero attached hydrogens (tertiary/aromatic N) is 1. The highest BCUT2D eigenvalue weighted by Gasteiger charge is 2.27. The molecule has 0 N–H and O–H groups in total. The van der Waals surface area contributed by atoms with Gasteiger partial charge in [0.1, 0.15) is 5.38 Å². The minimum atomic E-state index is -0.579. The summed E-state index contributed by atoms with van der Waals surface area (Å²) in [6.45, 7) is 0. The lowest BCUT2D eigenvalue weighted by Crippen LogP contribution is -2.22. The maximum Gasteiger partial charge on any atom is 0.270 e. The molecule has 0 amide bonds. The number of non-ortho nitro benzene ring substituents is 1. The van der Waals surface area contributed by atoms with Gasteiger partial charge in [-0.25, -0.2) is 0 Å². The Bertz CT molecular complexity index is 449. The molecule has 1 aliphatic heterocycles. The molecule has 1 atom stereocenters. The summed E-state index contributed by atoms with van der Waals surface area (Å²) in [4.78, 5) is 22.4. The molecule has 0 bridgehead atoms. The van der Waals surface area contributed by atoms with E-state index in [1.54, 1.807) is 6.07 Å². The Morgan fingerprint density at radius 1 is 1.53 bits per heavy atom. The normalized spacial score (nSPS) is 19.8. The number of halogens is 1. The van der Waals surface area contributed by atoms with Crippen LogP contribution in [-0.4, -0.2) is 21.8 Å². The van der Waals surface area contributed by atoms with Crippen LogP contribution < -0.4 is 0 Å². The van der Waals surface area contributed by atoms with Gasteiger partial charge in [-0.3, -0.25) is 14.9 Å². The maximum atomic E-state index is 11.6. The second-order valence-electron chi connectivity index (χ2n) is 3.08. The number of fused-ring (bicyclic) bond motifs is 1. The largest absolute Gasteiger partial charge is 0.292 e. The number of nitro groups is 1. The van der Waals surface area contributed by atoms with Crippen LogP contribution in [0.5, 0.6) is 0 Å². The fourth-order valence-corrected chi connectivity index (χ4v) is 2.62. The van der Waals surface area contributed by atoms with Crippen molar-refractivity contribution in [2.75, 3.05) is 5.75 Å². The third-order valence-corrected chi connectivity index (χ3v) is 3.81. The lowest BCUT2D eigenvalue weighted by atomic mass is 10.1. The first-order chi connectivity index (χ1) is 7.09. The number of hydrogen-bond donors (Lipinski definition) is 0. The molecule has 2 rings (SSSR count). The predicted molar refractivity (Wildman–Crippen MR) is 57.8 cm³/mol. The predicted octanol–water partition coefficient (Wildman–Crippen LogP) is 2.49. The highest BCUT2D eigenvalue weighted by atomic mass is 35.5.